The average Bonchev–Trinajstić information content (AvgIpc) is 1.56. The predicted octanol–water partition coefficient (Wildman–Crippen LogP) is -0.235. The van der Waals surface area contributed by atoms with Crippen LogP contribution in [0.15, 0.2) is 0 Å². The largest absolute Gasteiger partial charge is 2.00 e. The Labute approximate surface area is 129 Å². The fourth-order valence-corrected chi connectivity index (χ4v) is 1.88. The maximum Gasteiger partial charge on any atom is 2.00 e. The molecule has 0 amide bonds. The summed E-state index contributed by atoms with van der Waals surface area (Å²) >= 11 is 0. The second kappa shape index (κ2) is 8.99. The monoisotopic (exact) mass is 242 g/mol. The number of hydrogen-bond donors (Lipinski definition) is 0. The van der Waals surface area contributed by atoms with Crippen LogP contribution in [0.1, 0.15) is 47.0 Å². The minimum Gasteiger partial charge on any atom is -1.00 e. The van der Waals surface area contributed by atoms with E-state index in [9.17, 15) is 0 Å². The quantitative estimate of drug-likeness (QED) is 0.522. The Morgan fingerprint density at radius 1 is 0.929 bits per heavy atom. The normalized spacial score (nSPS) is 21.4. The van der Waals surface area contributed by atoms with Crippen LogP contribution in [0.2, 0.25) is 0 Å². The van der Waals surface area contributed by atoms with Crippen molar-refractivity contribution in [2.24, 2.45) is 0 Å². The first kappa shape index (κ1) is 24.9. The predicted molar refractivity (Wildman–Crippen MR) is 64.1 cm³/mol. The summed E-state index contributed by atoms with van der Waals surface area (Å²) in [6, 6.07) is 0. The molecule has 1 heterocycles. The molecule has 1 fully saturated rings. The van der Waals surface area contributed by atoms with Gasteiger partial charge < -0.3 is 17.7 Å². The Hall–Kier alpha value is 1.90. The zero-order valence-corrected chi connectivity index (χ0v) is 13.0. The zero-order chi connectivity index (χ0) is 7.83. The molecule has 1 aliphatic heterocycles. The molecule has 0 aromatic carbocycles. The molecule has 5 heteroatoms. The number of hydrogen-bond acceptors (Lipinski definition) is 0. The van der Waals surface area contributed by atoms with E-state index in [-0.39, 0.29) is 77.8 Å². The van der Waals surface area contributed by atoms with E-state index in [1.807, 2.05) is 0 Å². The van der Waals surface area contributed by atoms with Gasteiger partial charge in [-0.15, -0.1) is 23.5 Å². The Morgan fingerprint density at radius 3 is 1.36 bits per heavy atom. The van der Waals surface area contributed by atoms with Crippen LogP contribution in [0.25, 0.3) is 5.32 Å². The van der Waals surface area contributed by atoms with Crippen molar-refractivity contribution in [3.8, 4) is 0 Å². The second-order valence-electron chi connectivity index (χ2n) is 4.59. The van der Waals surface area contributed by atoms with E-state index in [1.165, 1.54) is 19.3 Å². The van der Waals surface area contributed by atoms with Crippen molar-refractivity contribution in [3.63, 3.8) is 0 Å². The van der Waals surface area contributed by atoms with Crippen molar-refractivity contribution < 1.29 is 12.4 Å². The van der Waals surface area contributed by atoms with Gasteiger partial charge in [-0.1, -0.05) is 47.0 Å². The molecule has 0 aromatic rings. The van der Waals surface area contributed by atoms with Crippen LogP contribution >= 0.6 is 12.4 Å². The summed E-state index contributed by atoms with van der Waals surface area (Å²) in [6.07, 6.45) is 3.86. The second-order valence-corrected chi connectivity index (χ2v) is 4.59. The standard InChI is InChI=1S/C9H18N.2ClH.Li.Mg/c1-8(2)6-5-7-9(3,4)10-8;;;;/h5-7H2,1-4H3;2*1H;;/q-1;;;;+2/p-1. The molecule has 0 aliphatic carbocycles. The van der Waals surface area contributed by atoms with E-state index in [4.69, 9.17) is 5.32 Å². The zero-order valence-electron chi connectivity index (χ0n) is 10.1. The molecule has 0 aromatic heterocycles. The van der Waals surface area contributed by atoms with Crippen LogP contribution in [-0.4, -0.2) is 53.0 Å². The number of halogens is 2. The minimum absolute atomic E-state index is 0. The number of rotatable bonds is 0. The molecular formula is C9H19Cl2LiMgN. The maximum atomic E-state index is 4.75. The molecule has 1 nitrogen and oxygen atoms in total. The maximum absolute atomic E-state index is 4.75. The van der Waals surface area contributed by atoms with Crippen molar-refractivity contribution in [2.75, 3.05) is 0 Å². The van der Waals surface area contributed by atoms with E-state index in [1.54, 1.807) is 0 Å². The molecule has 77 valence electrons. The van der Waals surface area contributed by atoms with Gasteiger partial charge in [0.2, 0.25) is 0 Å². The van der Waals surface area contributed by atoms with E-state index in [2.05, 4.69) is 27.7 Å². The van der Waals surface area contributed by atoms with Crippen LogP contribution in [0, 0.1) is 0 Å². The van der Waals surface area contributed by atoms with Crippen molar-refractivity contribution in [3.05, 3.63) is 5.32 Å². The summed E-state index contributed by atoms with van der Waals surface area (Å²) in [5.74, 6) is 0. The SMILES string of the molecule is CC1(C)CCCC(C)(C)[N-]1.Cl.[Cl-].[Li].[Mg+2]. The van der Waals surface area contributed by atoms with Gasteiger partial charge in [0.25, 0.3) is 0 Å². The number of nitrogens with zero attached hydrogens (tertiary/aromatic N) is 1. The third-order valence-electron chi connectivity index (χ3n) is 2.18. The van der Waals surface area contributed by atoms with Gasteiger partial charge in [0.05, 0.1) is 0 Å². The van der Waals surface area contributed by atoms with Crippen molar-refractivity contribution in [1.82, 2.24) is 0 Å². The summed E-state index contributed by atoms with van der Waals surface area (Å²) in [5, 5.41) is 4.75. The van der Waals surface area contributed by atoms with E-state index in [0.717, 1.165) is 0 Å². The number of piperidine rings is 1. The topological polar surface area (TPSA) is 14.1 Å². The molecule has 1 radical (unpaired) electrons. The fraction of sp³-hybridized carbons (Fsp3) is 1.00. The minimum atomic E-state index is 0. The summed E-state index contributed by atoms with van der Waals surface area (Å²) in [7, 11) is 0. The van der Waals surface area contributed by atoms with Gasteiger partial charge in [0, 0.05) is 18.9 Å². The Morgan fingerprint density at radius 2 is 1.21 bits per heavy atom. The molecule has 0 atom stereocenters. The molecule has 14 heavy (non-hydrogen) atoms. The van der Waals surface area contributed by atoms with Crippen LogP contribution < -0.4 is 12.4 Å². The first-order chi connectivity index (χ1) is 4.41. The first-order valence-electron chi connectivity index (χ1n) is 4.15. The van der Waals surface area contributed by atoms with Crippen molar-refractivity contribution in [2.45, 2.75) is 58.0 Å². The van der Waals surface area contributed by atoms with Gasteiger partial charge in [0.15, 0.2) is 0 Å². The van der Waals surface area contributed by atoms with Gasteiger partial charge in [-0.25, -0.2) is 0 Å². The molecule has 1 aliphatic rings. The Bertz CT molecular complexity index is 129. The fourth-order valence-electron chi connectivity index (χ4n) is 1.88. The molecular weight excluding hydrogens is 224 g/mol. The Kier molecular flexibility index (Phi) is 16.0. The molecule has 0 unspecified atom stereocenters. The van der Waals surface area contributed by atoms with Crippen LogP contribution in [0.4, 0.5) is 0 Å². The van der Waals surface area contributed by atoms with Gasteiger partial charge in [0.1, 0.15) is 0 Å². The van der Waals surface area contributed by atoms with Gasteiger partial charge in [-0.2, -0.15) is 0 Å². The Balaban J connectivity index is -0.000000125. The van der Waals surface area contributed by atoms with Crippen LogP contribution in [0.3, 0.4) is 0 Å². The third-order valence-corrected chi connectivity index (χ3v) is 2.18. The van der Waals surface area contributed by atoms with E-state index in [0.29, 0.717) is 0 Å². The third kappa shape index (κ3) is 9.15. The summed E-state index contributed by atoms with van der Waals surface area (Å²) in [5.41, 5.74) is 0.476. The van der Waals surface area contributed by atoms with Crippen molar-refractivity contribution in [1.29, 1.82) is 0 Å². The molecule has 0 bridgehead atoms. The molecule has 0 saturated carbocycles. The summed E-state index contributed by atoms with van der Waals surface area (Å²) < 4.78 is 0. The van der Waals surface area contributed by atoms with Gasteiger partial charge in [-0.3, -0.25) is 0 Å². The van der Waals surface area contributed by atoms with Gasteiger partial charge in [-0.05, 0) is 0 Å². The van der Waals surface area contributed by atoms with E-state index >= 15 is 0 Å². The molecule has 1 rings (SSSR count). The van der Waals surface area contributed by atoms with Gasteiger partial charge >= 0.3 is 23.1 Å². The smallest absolute Gasteiger partial charge is 1.00 e. The molecule has 0 spiro atoms. The average molecular weight is 243 g/mol. The molecule has 1 saturated heterocycles. The summed E-state index contributed by atoms with van der Waals surface area (Å²) in [6.45, 7) is 8.92. The summed E-state index contributed by atoms with van der Waals surface area (Å²) in [4.78, 5) is 0. The van der Waals surface area contributed by atoms with E-state index < -0.39 is 0 Å². The van der Waals surface area contributed by atoms with Crippen LogP contribution in [-0.2, 0) is 0 Å². The van der Waals surface area contributed by atoms with Crippen molar-refractivity contribution >= 4 is 54.3 Å². The first-order valence-corrected chi connectivity index (χ1v) is 4.15. The molecule has 0 N–H and O–H groups in total. The van der Waals surface area contributed by atoms with Crippen LogP contribution in [0.5, 0.6) is 0 Å².